The van der Waals surface area contributed by atoms with Gasteiger partial charge in [-0.2, -0.15) is 9.97 Å². The molecule has 1 amide bonds. The van der Waals surface area contributed by atoms with Crippen molar-refractivity contribution in [3.63, 3.8) is 0 Å². The van der Waals surface area contributed by atoms with Crippen molar-refractivity contribution in [2.45, 2.75) is 25.9 Å². The maximum Gasteiger partial charge on any atom is 0.253 e. The van der Waals surface area contributed by atoms with E-state index in [9.17, 15) is 4.79 Å². The van der Waals surface area contributed by atoms with Gasteiger partial charge in [-0.3, -0.25) is 4.79 Å². The molecule has 1 aromatic carbocycles. The number of hydrogen-bond acceptors (Lipinski definition) is 8. The quantitative estimate of drug-likeness (QED) is 0.475. The van der Waals surface area contributed by atoms with Crippen LogP contribution in [0.5, 0.6) is 0 Å². The number of nitrogens with zero attached hydrogens (tertiary/aromatic N) is 6. The second kappa shape index (κ2) is 10.8. The van der Waals surface area contributed by atoms with Crippen molar-refractivity contribution in [1.29, 1.82) is 0 Å². The first-order chi connectivity index (χ1) is 18.0. The zero-order valence-electron chi connectivity index (χ0n) is 21.8. The summed E-state index contributed by atoms with van der Waals surface area (Å²) in [4.78, 5) is 33.9. The van der Waals surface area contributed by atoms with Gasteiger partial charge in [-0.1, -0.05) is 18.2 Å². The summed E-state index contributed by atoms with van der Waals surface area (Å²) in [7, 11) is 1.77. The third-order valence-corrected chi connectivity index (χ3v) is 6.95. The van der Waals surface area contributed by atoms with Gasteiger partial charge in [-0.05, 0) is 38.1 Å². The average Bonchev–Trinajstić information content (AvgIpc) is 2.92. The van der Waals surface area contributed by atoms with Crippen LogP contribution in [-0.2, 0) is 9.47 Å². The summed E-state index contributed by atoms with van der Waals surface area (Å²) in [5.41, 5.74) is 2.86. The smallest absolute Gasteiger partial charge is 0.253 e. The van der Waals surface area contributed by atoms with Gasteiger partial charge >= 0.3 is 0 Å². The van der Waals surface area contributed by atoms with Crippen molar-refractivity contribution in [2.75, 3.05) is 62.9 Å². The number of anilines is 2. The number of aromatic nitrogens is 3. The number of pyridine rings is 1. The van der Waals surface area contributed by atoms with Crippen LogP contribution in [0.25, 0.3) is 22.3 Å². The van der Waals surface area contributed by atoms with Gasteiger partial charge < -0.3 is 24.2 Å². The molecule has 9 heteroatoms. The molecule has 4 heterocycles. The van der Waals surface area contributed by atoms with Crippen LogP contribution in [0.15, 0.2) is 49.1 Å². The van der Waals surface area contributed by atoms with Gasteiger partial charge in [0.2, 0.25) is 5.95 Å². The Morgan fingerprint density at radius 2 is 1.78 bits per heavy atom. The van der Waals surface area contributed by atoms with Crippen LogP contribution in [0.2, 0.25) is 0 Å². The van der Waals surface area contributed by atoms with Crippen molar-refractivity contribution in [3.8, 4) is 11.3 Å². The van der Waals surface area contributed by atoms with E-state index in [1.165, 1.54) is 0 Å². The summed E-state index contributed by atoms with van der Waals surface area (Å²) < 4.78 is 11.3. The summed E-state index contributed by atoms with van der Waals surface area (Å²) in [5.74, 6) is 1.48. The van der Waals surface area contributed by atoms with Crippen molar-refractivity contribution in [3.05, 3.63) is 54.6 Å². The number of carbonyl (C=O) groups is 1. The zero-order valence-corrected chi connectivity index (χ0v) is 21.8. The summed E-state index contributed by atoms with van der Waals surface area (Å²) >= 11 is 0. The van der Waals surface area contributed by atoms with E-state index in [0.717, 1.165) is 35.6 Å². The SMILES string of the molecule is C=CCN(C)C(=O)c1cccc(-c2ccc3c(N4CCOC[C@@H]4C)nc(N4CCOC[C@@H]4C)nc3n2)c1. The fraction of sp³-hybridized carbons (Fsp3) is 0.429. The minimum absolute atomic E-state index is 0.0583. The second-order valence-corrected chi connectivity index (χ2v) is 9.70. The highest BCUT2D eigenvalue weighted by Crippen LogP contribution is 2.31. The van der Waals surface area contributed by atoms with Crippen molar-refractivity contribution < 1.29 is 14.3 Å². The van der Waals surface area contributed by atoms with Gasteiger partial charge in [0.05, 0.1) is 49.6 Å². The van der Waals surface area contributed by atoms with Crippen molar-refractivity contribution in [1.82, 2.24) is 19.9 Å². The summed E-state index contributed by atoms with van der Waals surface area (Å²) in [6, 6.07) is 11.9. The van der Waals surface area contributed by atoms with Crippen LogP contribution in [0, 0.1) is 0 Å². The van der Waals surface area contributed by atoms with Crippen molar-refractivity contribution >= 4 is 28.7 Å². The lowest BCUT2D eigenvalue weighted by Crippen LogP contribution is -2.46. The fourth-order valence-electron chi connectivity index (χ4n) is 4.87. The van der Waals surface area contributed by atoms with Crippen LogP contribution in [0.3, 0.4) is 0 Å². The molecule has 0 N–H and O–H groups in total. The highest BCUT2D eigenvalue weighted by atomic mass is 16.5. The number of carbonyl (C=O) groups excluding carboxylic acids is 1. The van der Waals surface area contributed by atoms with Gasteiger partial charge in [-0.25, -0.2) is 4.98 Å². The third-order valence-electron chi connectivity index (χ3n) is 6.95. The Kier molecular flexibility index (Phi) is 7.34. The normalized spacial score (nSPS) is 20.2. The van der Waals surface area contributed by atoms with Crippen LogP contribution in [0.1, 0.15) is 24.2 Å². The van der Waals surface area contributed by atoms with E-state index >= 15 is 0 Å². The summed E-state index contributed by atoms with van der Waals surface area (Å²) in [5, 5.41) is 0.903. The number of rotatable bonds is 6. The molecule has 194 valence electrons. The molecule has 5 rings (SSSR count). The molecule has 2 aromatic heterocycles. The first kappa shape index (κ1) is 25.1. The molecule has 0 unspecified atom stereocenters. The lowest BCUT2D eigenvalue weighted by molar-refractivity contribution is 0.0810. The van der Waals surface area contributed by atoms with E-state index in [2.05, 4.69) is 30.2 Å². The number of hydrogen-bond donors (Lipinski definition) is 0. The van der Waals surface area contributed by atoms with Crippen LogP contribution >= 0.6 is 0 Å². The lowest BCUT2D eigenvalue weighted by Gasteiger charge is -2.37. The van der Waals surface area contributed by atoms with E-state index in [-0.39, 0.29) is 18.0 Å². The predicted octanol–water partition coefficient (Wildman–Crippen LogP) is 3.40. The van der Waals surface area contributed by atoms with Crippen molar-refractivity contribution in [2.24, 2.45) is 0 Å². The predicted molar refractivity (Wildman–Crippen MR) is 145 cm³/mol. The maximum absolute atomic E-state index is 12.8. The molecule has 0 spiro atoms. The lowest BCUT2D eigenvalue weighted by atomic mass is 10.1. The van der Waals surface area contributed by atoms with Crippen LogP contribution in [-0.4, -0.2) is 91.0 Å². The molecule has 0 radical (unpaired) electrons. The van der Waals surface area contributed by atoms with E-state index in [0.29, 0.717) is 50.1 Å². The molecular formula is C28H34N6O3. The molecule has 2 atom stereocenters. The Hall–Kier alpha value is -3.56. The van der Waals surface area contributed by atoms with Crippen LogP contribution < -0.4 is 9.80 Å². The molecule has 2 aliphatic heterocycles. The molecule has 37 heavy (non-hydrogen) atoms. The fourth-order valence-corrected chi connectivity index (χ4v) is 4.87. The number of amides is 1. The van der Waals surface area contributed by atoms with Gasteiger partial charge in [0, 0.05) is 37.8 Å². The first-order valence-electron chi connectivity index (χ1n) is 12.8. The molecule has 9 nitrogen and oxygen atoms in total. The van der Waals surface area contributed by atoms with Crippen LogP contribution in [0.4, 0.5) is 11.8 Å². The molecule has 2 aliphatic rings. The van der Waals surface area contributed by atoms with Gasteiger partial charge in [-0.15, -0.1) is 6.58 Å². The summed E-state index contributed by atoms with van der Waals surface area (Å²) in [6.07, 6.45) is 1.71. The molecule has 0 bridgehead atoms. The number of morpholine rings is 2. The second-order valence-electron chi connectivity index (χ2n) is 9.70. The number of fused-ring (bicyclic) bond motifs is 1. The van der Waals surface area contributed by atoms with E-state index < -0.39 is 0 Å². The minimum atomic E-state index is -0.0583. The van der Waals surface area contributed by atoms with Gasteiger partial charge in [0.1, 0.15) is 5.82 Å². The maximum atomic E-state index is 12.8. The van der Waals surface area contributed by atoms with E-state index in [1.807, 2.05) is 36.4 Å². The average molecular weight is 503 g/mol. The largest absolute Gasteiger partial charge is 0.377 e. The van der Waals surface area contributed by atoms with E-state index in [4.69, 9.17) is 24.4 Å². The van der Waals surface area contributed by atoms with E-state index in [1.54, 1.807) is 18.0 Å². The Labute approximate surface area is 217 Å². The number of likely N-dealkylation sites (N-methyl/N-ethyl adjacent to an activating group) is 1. The Balaban J connectivity index is 1.59. The molecule has 0 aliphatic carbocycles. The van der Waals surface area contributed by atoms with Gasteiger partial charge in [0.15, 0.2) is 5.65 Å². The monoisotopic (exact) mass is 502 g/mol. The molecule has 2 fully saturated rings. The topological polar surface area (TPSA) is 83.9 Å². The molecule has 3 aromatic rings. The highest BCUT2D eigenvalue weighted by molar-refractivity contribution is 5.96. The minimum Gasteiger partial charge on any atom is -0.377 e. The first-order valence-corrected chi connectivity index (χ1v) is 12.8. The zero-order chi connectivity index (χ0) is 25.9. The number of ether oxygens (including phenoxy) is 2. The third kappa shape index (κ3) is 5.14. The van der Waals surface area contributed by atoms with Gasteiger partial charge in [0.25, 0.3) is 5.91 Å². The molecule has 2 saturated heterocycles. The molecular weight excluding hydrogens is 468 g/mol. The number of benzene rings is 1. The Morgan fingerprint density at radius 3 is 2.49 bits per heavy atom. The Morgan fingerprint density at radius 1 is 1.05 bits per heavy atom. The molecule has 0 saturated carbocycles. The Bertz CT molecular complexity index is 1300. The standard InChI is InChI=1S/C28H34N6O3/c1-5-11-32(4)27(35)22-8-6-7-21(16-22)24-10-9-23-25(29-24)30-28(34-13-15-37-18-20(34)3)31-26(23)33-12-14-36-17-19(33)2/h5-10,16,19-20H,1,11-15,17-18H2,2-4H3/t19-,20-/m0/s1. The highest BCUT2D eigenvalue weighted by Gasteiger charge is 2.27. The summed E-state index contributed by atoms with van der Waals surface area (Å²) in [6.45, 7) is 12.6.